The highest BCUT2D eigenvalue weighted by Crippen LogP contribution is 2.42. The Kier molecular flexibility index (Phi) is 7.15. The minimum absolute atomic E-state index is 0.0386. The van der Waals surface area contributed by atoms with Gasteiger partial charge in [0.1, 0.15) is 17.7 Å². The summed E-state index contributed by atoms with van der Waals surface area (Å²) >= 11 is 1.81. The van der Waals surface area contributed by atoms with Gasteiger partial charge in [0.05, 0.1) is 7.11 Å². The number of rotatable bonds is 7. The van der Waals surface area contributed by atoms with Gasteiger partial charge in [0.15, 0.2) is 0 Å². The number of hydrogen-bond acceptors (Lipinski definition) is 6. The van der Waals surface area contributed by atoms with E-state index in [-0.39, 0.29) is 11.9 Å². The second-order valence-corrected chi connectivity index (χ2v) is 8.87. The van der Waals surface area contributed by atoms with Gasteiger partial charge in [-0.2, -0.15) is 0 Å². The van der Waals surface area contributed by atoms with Gasteiger partial charge >= 0.3 is 0 Å². The topological polar surface area (TPSA) is 28.2 Å². The number of benzene rings is 2. The van der Waals surface area contributed by atoms with Gasteiger partial charge in [0, 0.05) is 62.5 Å². The third-order valence-corrected chi connectivity index (χ3v) is 7.04. The lowest BCUT2D eigenvalue weighted by Gasteiger charge is -2.37. The molecular formula is C23H30FN3O2S. The molecule has 0 spiro atoms. The molecular weight excluding hydrogens is 401 g/mol. The maximum atomic E-state index is 13.1. The number of piperazine rings is 1. The largest absolute Gasteiger partial charge is 0.496 e. The van der Waals surface area contributed by atoms with Crippen molar-refractivity contribution in [3.8, 4) is 5.75 Å². The van der Waals surface area contributed by atoms with Crippen LogP contribution in [0.2, 0.25) is 0 Å². The first-order valence-electron chi connectivity index (χ1n) is 10.5. The number of fused-ring (bicyclic) bond motifs is 1. The van der Waals surface area contributed by atoms with E-state index >= 15 is 0 Å². The number of anilines is 1. The van der Waals surface area contributed by atoms with E-state index in [0.717, 1.165) is 63.7 Å². The zero-order valence-corrected chi connectivity index (χ0v) is 18.5. The van der Waals surface area contributed by atoms with E-state index in [1.54, 1.807) is 26.4 Å². The van der Waals surface area contributed by atoms with Crippen molar-refractivity contribution < 1.29 is 13.9 Å². The summed E-state index contributed by atoms with van der Waals surface area (Å²) in [5, 5.41) is 0. The van der Waals surface area contributed by atoms with Crippen molar-refractivity contribution >= 4 is 17.6 Å². The minimum atomic E-state index is -0.176. The smallest absolute Gasteiger partial charge is 0.125 e. The number of methoxy groups -OCH3 is 2. The maximum absolute atomic E-state index is 13.1. The molecule has 1 unspecified atom stereocenters. The summed E-state index contributed by atoms with van der Waals surface area (Å²) in [6.07, 6.45) is 1.16. The third-order valence-electron chi connectivity index (χ3n) is 5.90. The van der Waals surface area contributed by atoms with Crippen molar-refractivity contribution in [1.29, 1.82) is 0 Å². The Labute approximate surface area is 182 Å². The normalized spacial score (nSPS) is 20.2. The van der Waals surface area contributed by atoms with Crippen LogP contribution in [0, 0.1) is 5.82 Å². The van der Waals surface area contributed by atoms with Crippen molar-refractivity contribution in [3.63, 3.8) is 0 Å². The molecule has 2 aliphatic rings. The molecule has 30 heavy (non-hydrogen) atoms. The molecule has 5 nitrogen and oxygen atoms in total. The molecule has 0 amide bonds. The Bertz CT molecular complexity index is 828. The Hall–Kier alpha value is -1.80. The summed E-state index contributed by atoms with van der Waals surface area (Å²) in [7, 11) is 3.49. The molecule has 162 valence electrons. The molecule has 0 saturated carbocycles. The van der Waals surface area contributed by atoms with E-state index in [1.165, 1.54) is 10.5 Å². The zero-order chi connectivity index (χ0) is 20.9. The summed E-state index contributed by atoms with van der Waals surface area (Å²) in [6.45, 7) is 7.06. The number of ether oxygens (including phenoxy) is 2. The molecule has 4 rings (SSSR count). The maximum Gasteiger partial charge on any atom is 0.125 e. The molecule has 1 fully saturated rings. The summed E-state index contributed by atoms with van der Waals surface area (Å²) in [5.74, 6) is 0.732. The predicted molar refractivity (Wildman–Crippen MR) is 120 cm³/mol. The van der Waals surface area contributed by atoms with Gasteiger partial charge in [-0.15, -0.1) is 0 Å². The van der Waals surface area contributed by atoms with Crippen LogP contribution in [-0.2, 0) is 4.74 Å². The van der Waals surface area contributed by atoms with Gasteiger partial charge in [-0.3, -0.25) is 4.90 Å². The van der Waals surface area contributed by atoms with E-state index < -0.39 is 0 Å². The zero-order valence-electron chi connectivity index (χ0n) is 17.7. The fourth-order valence-corrected chi connectivity index (χ4v) is 5.41. The number of halogens is 1. The summed E-state index contributed by atoms with van der Waals surface area (Å²) in [5.41, 5.74) is 2.28. The quantitative estimate of drug-likeness (QED) is 0.614. The standard InChI is InChI=1S/C23H30FN3O2S/c1-28-20-5-3-6-22-23(20)21(29-2)17-27(30-22)12-4-11-25-13-15-26(16-14-25)19-9-7-18(24)8-10-19/h3,5-10,21H,4,11-17H2,1-2H3. The highest BCUT2D eigenvalue weighted by molar-refractivity contribution is 7.97. The van der Waals surface area contributed by atoms with E-state index in [2.05, 4.69) is 20.2 Å². The highest BCUT2D eigenvalue weighted by Gasteiger charge is 2.29. The first-order chi connectivity index (χ1) is 14.7. The van der Waals surface area contributed by atoms with Gasteiger partial charge in [-0.05, 0) is 61.3 Å². The van der Waals surface area contributed by atoms with Crippen LogP contribution in [0.4, 0.5) is 10.1 Å². The van der Waals surface area contributed by atoms with E-state index in [9.17, 15) is 4.39 Å². The molecule has 2 heterocycles. The van der Waals surface area contributed by atoms with Gasteiger partial charge in [0.2, 0.25) is 0 Å². The lowest BCUT2D eigenvalue weighted by atomic mass is 10.1. The van der Waals surface area contributed by atoms with Crippen LogP contribution in [0.25, 0.3) is 0 Å². The van der Waals surface area contributed by atoms with Crippen LogP contribution in [0.15, 0.2) is 47.4 Å². The molecule has 2 aromatic carbocycles. The van der Waals surface area contributed by atoms with Crippen molar-refractivity contribution in [3.05, 3.63) is 53.8 Å². The van der Waals surface area contributed by atoms with Crippen molar-refractivity contribution in [2.45, 2.75) is 17.4 Å². The molecule has 0 radical (unpaired) electrons. The molecule has 2 aliphatic heterocycles. The first-order valence-corrected chi connectivity index (χ1v) is 11.3. The van der Waals surface area contributed by atoms with Crippen molar-refractivity contribution in [2.75, 3.05) is 64.9 Å². The fourth-order valence-electron chi connectivity index (χ4n) is 4.23. The van der Waals surface area contributed by atoms with E-state index in [1.807, 2.05) is 36.2 Å². The monoisotopic (exact) mass is 431 g/mol. The van der Waals surface area contributed by atoms with Gasteiger partial charge < -0.3 is 14.4 Å². The van der Waals surface area contributed by atoms with Crippen LogP contribution in [-0.4, -0.2) is 69.2 Å². The third kappa shape index (κ3) is 4.91. The molecule has 0 aromatic heterocycles. The van der Waals surface area contributed by atoms with Crippen LogP contribution in [0.1, 0.15) is 18.1 Å². The van der Waals surface area contributed by atoms with Crippen LogP contribution in [0.5, 0.6) is 5.75 Å². The average molecular weight is 432 g/mol. The van der Waals surface area contributed by atoms with Crippen molar-refractivity contribution in [2.24, 2.45) is 0 Å². The predicted octanol–water partition coefficient (Wildman–Crippen LogP) is 4.06. The number of hydrogen-bond donors (Lipinski definition) is 0. The molecule has 2 aromatic rings. The molecule has 1 atom stereocenters. The van der Waals surface area contributed by atoms with Gasteiger partial charge in [-0.25, -0.2) is 8.70 Å². The molecule has 1 saturated heterocycles. The SMILES string of the molecule is COc1cccc2c1C(OC)CN(CCCN1CCN(c3ccc(F)cc3)CC1)S2. The van der Waals surface area contributed by atoms with Crippen LogP contribution >= 0.6 is 11.9 Å². The molecule has 0 aliphatic carbocycles. The van der Waals surface area contributed by atoms with Gasteiger partial charge in [-0.1, -0.05) is 6.07 Å². The summed E-state index contributed by atoms with van der Waals surface area (Å²) in [6, 6.07) is 13.0. The first kappa shape index (κ1) is 21.4. The number of nitrogens with zero attached hydrogens (tertiary/aromatic N) is 3. The summed E-state index contributed by atoms with van der Waals surface area (Å²) < 4.78 is 26.9. The second-order valence-electron chi connectivity index (χ2n) is 7.73. The van der Waals surface area contributed by atoms with Crippen LogP contribution in [0.3, 0.4) is 0 Å². The Balaban J connectivity index is 1.25. The molecule has 7 heteroatoms. The fraction of sp³-hybridized carbons (Fsp3) is 0.478. The lowest BCUT2D eigenvalue weighted by Crippen LogP contribution is -2.47. The second kappa shape index (κ2) is 10.0. The highest BCUT2D eigenvalue weighted by atomic mass is 32.2. The summed E-state index contributed by atoms with van der Waals surface area (Å²) in [4.78, 5) is 6.09. The minimum Gasteiger partial charge on any atom is -0.496 e. The van der Waals surface area contributed by atoms with E-state index in [4.69, 9.17) is 9.47 Å². The molecule has 0 bridgehead atoms. The van der Waals surface area contributed by atoms with E-state index in [0.29, 0.717) is 0 Å². The van der Waals surface area contributed by atoms with Gasteiger partial charge in [0.25, 0.3) is 0 Å². The van der Waals surface area contributed by atoms with Crippen molar-refractivity contribution in [1.82, 2.24) is 9.21 Å². The Morgan fingerprint density at radius 1 is 1.00 bits per heavy atom. The Morgan fingerprint density at radius 3 is 2.47 bits per heavy atom. The lowest BCUT2D eigenvalue weighted by molar-refractivity contribution is 0.0784. The van der Waals surface area contributed by atoms with Crippen LogP contribution < -0.4 is 9.64 Å². The molecule has 0 N–H and O–H groups in total. The average Bonchev–Trinajstić information content (AvgIpc) is 2.79. The Morgan fingerprint density at radius 2 is 1.77 bits per heavy atom.